The van der Waals surface area contributed by atoms with Crippen molar-refractivity contribution in [1.82, 2.24) is 4.98 Å². The van der Waals surface area contributed by atoms with Crippen LogP contribution in [0.4, 0.5) is 11.5 Å². The number of fused-ring (bicyclic) bond motifs is 1. The summed E-state index contributed by atoms with van der Waals surface area (Å²) >= 11 is 0. The molecule has 1 heterocycles. The van der Waals surface area contributed by atoms with Crippen LogP contribution in [0, 0.1) is 0 Å². The number of anilines is 2. The molecule has 1 aromatic heterocycles. The highest BCUT2D eigenvalue weighted by Crippen LogP contribution is 2.32. The van der Waals surface area contributed by atoms with Gasteiger partial charge in [0.1, 0.15) is 5.82 Å². The number of aliphatic hydroxyl groups is 1. The van der Waals surface area contributed by atoms with Gasteiger partial charge in [0.05, 0.1) is 18.5 Å². The summed E-state index contributed by atoms with van der Waals surface area (Å²) in [5.41, 5.74) is 1.11. The molecule has 0 aliphatic heterocycles. The van der Waals surface area contributed by atoms with Crippen molar-refractivity contribution in [2.24, 2.45) is 0 Å². The maximum Gasteiger partial charge on any atom is 0.136 e. The molecular formula is C15H19N3O. The average molecular weight is 257 g/mol. The number of aromatic nitrogens is 1. The lowest BCUT2D eigenvalue weighted by Gasteiger charge is -2.20. The molecule has 0 unspecified atom stereocenters. The minimum Gasteiger partial charge on any atom is -0.395 e. The molecule has 1 fully saturated rings. The Kier molecular flexibility index (Phi) is 3.25. The topological polar surface area (TPSA) is 48.4 Å². The van der Waals surface area contributed by atoms with Crippen molar-refractivity contribution < 1.29 is 5.11 Å². The molecule has 1 aliphatic rings. The van der Waals surface area contributed by atoms with Crippen molar-refractivity contribution in [3.05, 3.63) is 30.5 Å². The van der Waals surface area contributed by atoms with E-state index in [-0.39, 0.29) is 6.61 Å². The zero-order valence-electron chi connectivity index (χ0n) is 11.1. The molecule has 1 aromatic carbocycles. The van der Waals surface area contributed by atoms with Crippen molar-refractivity contribution in [2.75, 3.05) is 30.4 Å². The number of likely N-dealkylation sites (N-methyl/N-ethyl adjacent to an activating group) is 1. The Labute approximate surface area is 113 Å². The lowest BCUT2D eigenvalue weighted by molar-refractivity contribution is 0.304. The van der Waals surface area contributed by atoms with Crippen molar-refractivity contribution in [3.8, 4) is 0 Å². The number of hydrogen-bond acceptors (Lipinski definition) is 4. The van der Waals surface area contributed by atoms with Crippen molar-refractivity contribution in [3.63, 3.8) is 0 Å². The zero-order valence-corrected chi connectivity index (χ0v) is 11.1. The summed E-state index contributed by atoms with van der Waals surface area (Å²) in [5.74, 6) is 0.922. The second kappa shape index (κ2) is 5.05. The van der Waals surface area contributed by atoms with Crippen LogP contribution in [-0.2, 0) is 0 Å². The van der Waals surface area contributed by atoms with Gasteiger partial charge in [-0.05, 0) is 12.8 Å². The highest BCUT2D eigenvalue weighted by molar-refractivity contribution is 6.00. The van der Waals surface area contributed by atoms with E-state index in [1.165, 1.54) is 18.2 Å². The minimum atomic E-state index is 0.134. The molecule has 19 heavy (non-hydrogen) atoms. The van der Waals surface area contributed by atoms with Crippen molar-refractivity contribution in [2.45, 2.75) is 18.9 Å². The number of pyridine rings is 1. The number of hydrogen-bond donors (Lipinski definition) is 2. The first-order chi connectivity index (χ1) is 9.29. The van der Waals surface area contributed by atoms with Gasteiger partial charge in [0.25, 0.3) is 0 Å². The predicted octanol–water partition coefficient (Wildman–Crippen LogP) is 2.24. The molecule has 3 rings (SSSR count). The summed E-state index contributed by atoms with van der Waals surface area (Å²) in [6.45, 7) is 0.723. The molecule has 1 saturated carbocycles. The third-order valence-corrected chi connectivity index (χ3v) is 3.51. The van der Waals surface area contributed by atoms with Crippen LogP contribution in [0.15, 0.2) is 30.5 Å². The van der Waals surface area contributed by atoms with Gasteiger partial charge < -0.3 is 15.3 Å². The predicted molar refractivity (Wildman–Crippen MR) is 78.7 cm³/mol. The molecular weight excluding hydrogens is 238 g/mol. The molecule has 0 atom stereocenters. The van der Waals surface area contributed by atoms with Gasteiger partial charge in [-0.25, -0.2) is 4.98 Å². The van der Waals surface area contributed by atoms with Crippen molar-refractivity contribution in [1.29, 1.82) is 0 Å². The van der Waals surface area contributed by atoms with E-state index in [1.54, 1.807) is 0 Å². The summed E-state index contributed by atoms with van der Waals surface area (Å²) in [6.07, 6.45) is 4.41. The molecule has 100 valence electrons. The fourth-order valence-electron chi connectivity index (χ4n) is 2.30. The van der Waals surface area contributed by atoms with E-state index in [4.69, 9.17) is 5.11 Å². The summed E-state index contributed by atoms with van der Waals surface area (Å²) in [6, 6.07) is 8.91. The van der Waals surface area contributed by atoms with Crippen LogP contribution in [0.1, 0.15) is 12.8 Å². The van der Waals surface area contributed by atoms with E-state index >= 15 is 0 Å². The molecule has 0 spiro atoms. The molecule has 0 radical (unpaired) electrons. The Morgan fingerprint density at radius 3 is 2.74 bits per heavy atom. The Bertz CT molecular complexity index is 581. The molecule has 0 saturated heterocycles. The molecule has 2 aromatic rings. The second-order valence-corrected chi connectivity index (χ2v) is 5.10. The van der Waals surface area contributed by atoms with Crippen LogP contribution >= 0.6 is 0 Å². The van der Waals surface area contributed by atoms with E-state index in [0.29, 0.717) is 12.6 Å². The molecule has 4 heteroatoms. The normalized spacial score (nSPS) is 14.6. The smallest absolute Gasteiger partial charge is 0.136 e. The number of nitrogens with zero attached hydrogens (tertiary/aromatic N) is 2. The van der Waals surface area contributed by atoms with Gasteiger partial charge in [-0.15, -0.1) is 0 Å². The van der Waals surface area contributed by atoms with Crippen LogP contribution < -0.4 is 10.2 Å². The van der Waals surface area contributed by atoms with Crippen LogP contribution in [-0.4, -0.2) is 36.3 Å². The Balaban J connectivity index is 2.04. The van der Waals surface area contributed by atoms with E-state index in [9.17, 15) is 0 Å². The van der Waals surface area contributed by atoms with Crippen LogP contribution in [0.25, 0.3) is 10.8 Å². The molecule has 4 nitrogen and oxygen atoms in total. The largest absolute Gasteiger partial charge is 0.395 e. The molecule has 0 amide bonds. The number of benzene rings is 1. The monoisotopic (exact) mass is 257 g/mol. The fourth-order valence-corrected chi connectivity index (χ4v) is 2.30. The fraction of sp³-hybridized carbons (Fsp3) is 0.400. The highest BCUT2D eigenvalue weighted by atomic mass is 16.3. The first kappa shape index (κ1) is 12.2. The van der Waals surface area contributed by atoms with Gasteiger partial charge >= 0.3 is 0 Å². The highest BCUT2D eigenvalue weighted by Gasteiger charge is 2.22. The van der Waals surface area contributed by atoms with Gasteiger partial charge in [0.2, 0.25) is 0 Å². The summed E-state index contributed by atoms with van der Waals surface area (Å²) in [4.78, 5) is 6.55. The number of aliphatic hydroxyl groups excluding tert-OH is 1. The average Bonchev–Trinajstić information content (AvgIpc) is 3.23. The van der Waals surface area contributed by atoms with Crippen molar-refractivity contribution >= 4 is 22.3 Å². The van der Waals surface area contributed by atoms with Gasteiger partial charge in [0, 0.05) is 30.4 Å². The minimum absolute atomic E-state index is 0.134. The summed E-state index contributed by atoms with van der Waals surface area (Å²) in [5, 5.41) is 14.9. The maximum absolute atomic E-state index is 9.07. The number of nitrogens with one attached hydrogen (secondary N) is 1. The summed E-state index contributed by atoms with van der Waals surface area (Å²) in [7, 11) is 1.96. The van der Waals surface area contributed by atoms with E-state index in [0.717, 1.165) is 16.9 Å². The Hall–Kier alpha value is -1.81. The van der Waals surface area contributed by atoms with Gasteiger partial charge in [-0.3, -0.25) is 0 Å². The Morgan fingerprint density at radius 2 is 2.05 bits per heavy atom. The van der Waals surface area contributed by atoms with E-state index < -0.39 is 0 Å². The Morgan fingerprint density at radius 1 is 1.32 bits per heavy atom. The SMILES string of the molecule is CN(CCO)c1ncc(NC2CC2)c2ccccc12. The standard InChI is InChI=1S/C15H19N3O/c1-18(8-9-19)15-13-5-3-2-4-12(13)14(10-16-15)17-11-6-7-11/h2-5,10-11,17,19H,6-9H2,1H3. The number of rotatable bonds is 5. The zero-order chi connectivity index (χ0) is 13.2. The van der Waals surface area contributed by atoms with Gasteiger partial charge in [-0.1, -0.05) is 24.3 Å². The third-order valence-electron chi connectivity index (χ3n) is 3.51. The third kappa shape index (κ3) is 2.49. The van der Waals surface area contributed by atoms with E-state index in [1.807, 2.05) is 24.2 Å². The second-order valence-electron chi connectivity index (χ2n) is 5.10. The lowest BCUT2D eigenvalue weighted by Crippen LogP contribution is -2.22. The van der Waals surface area contributed by atoms with E-state index in [2.05, 4.69) is 28.5 Å². The summed E-state index contributed by atoms with van der Waals surface area (Å²) < 4.78 is 0. The van der Waals surface area contributed by atoms with Crippen LogP contribution in [0.2, 0.25) is 0 Å². The van der Waals surface area contributed by atoms with Crippen LogP contribution in [0.3, 0.4) is 0 Å². The first-order valence-corrected chi connectivity index (χ1v) is 6.76. The molecule has 0 bridgehead atoms. The first-order valence-electron chi connectivity index (χ1n) is 6.76. The maximum atomic E-state index is 9.07. The molecule has 2 N–H and O–H groups in total. The van der Waals surface area contributed by atoms with Gasteiger partial charge in [0.15, 0.2) is 0 Å². The molecule has 1 aliphatic carbocycles. The van der Waals surface area contributed by atoms with Gasteiger partial charge in [-0.2, -0.15) is 0 Å². The lowest BCUT2D eigenvalue weighted by atomic mass is 10.1. The quantitative estimate of drug-likeness (QED) is 0.862. The van der Waals surface area contributed by atoms with Crippen LogP contribution in [0.5, 0.6) is 0 Å².